The number of pyridine rings is 1. The maximum absolute atomic E-state index is 13.9. The lowest BCUT2D eigenvalue weighted by Gasteiger charge is -2.40. The van der Waals surface area contributed by atoms with Gasteiger partial charge in [-0.05, 0) is 55.5 Å². The van der Waals surface area contributed by atoms with Crippen LogP contribution in [0.2, 0.25) is 0 Å². The largest absolute Gasteiger partial charge is 0.497 e. The lowest BCUT2D eigenvalue weighted by atomic mass is 9.75. The summed E-state index contributed by atoms with van der Waals surface area (Å²) in [5.74, 6) is 0.303. The molecule has 9 heteroatoms. The number of nitrogens with one attached hydrogen (secondary N) is 1. The van der Waals surface area contributed by atoms with Crippen LogP contribution in [0.5, 0.6) is 5.75 Å². The first kappa shape index (κ1) is 24.2. The summed E-state index contributed by atoms with van der Waals surface area (Å²) < 4.78 is 11.0. The van der Waals surface area contributed by atoms with Crippen molar-refractivity contribution in [2.75, 3.05) is 33.4 Å². The first-order valence-corrected chi connectivity index (χ1v) is 12.6. The number of hydrogen-bond donors (Lipinski definition) is 1. The quantitative estimate of drug-likeness (QED) is 0.596. The number of benzene rings is 1. The molecule has 0 unspecified atom stereocenters. The van der Waals surface area contributed by atoms with Crippen molar-refractivity contribution >= 4 is 17.8 Å². The Morgan fingerprint density at radius 3 is 2.69 bits per heavy atom. The molecule has 36 heavy (non-hydrogen) atoms. The van der Waals surface area contributed by atoms with Gasteiger partial charge in [0.15, 0.2) is 5.54 Å². The zero-order chi connectivity index (χ0) is 25.1. The topological polar surface area (TPSA) is 101 Å². The minimum absolute atomic E-state index is 0.0374. The van der Waals surface area contributed by atoms with Crippen molar-refractivity contribution in [3.63, 3.8) is 0 Å². The number of piperidine rings is 1. The number of likely N-dealkylation sites (tertiary alicyclic amines) is 1. The normalized spacial score (nSPS) is 24.8. The van der Waals surface area contributed by atoms with Crippen LogP contribution in [0.1, 0.15) is 36.9 Å². The van der Waals surface area contributed by atoms with Gasteiger partial charge in [0, 0.05) is 31.8 Å². The van der Waals surface area contributed by atoms with Crippen LogP contribution in [0, 0.1) is 5.92 Å². The second kappa shape index (κ2) is 10.3. The lowest BCUT2D eigenvalue weighted by Crippen LogP contribution is -2.55. The highest BCUT2D eigenvalue weighted by Crippen LogP contribution is 2.41. The summed E-state index contributed by atoms with van der Waals surface area (Å²) in [4.78, 5) is 47.6. The van der Waals surface area contributed by atoms with Crippen molar-refractivity contribution in [2.45, 2.75) is 43.7 Å². The average molecular weight is 493 g/mol. The van der Waals surface area contributed by atoms with Crippen LogP contribution >= 0.6 is 0 Å². The Morgan fingerprint density at radius 1 is 1.17 bits per heavy atom. The summed E-state index contributed by atoms with van der Waals surface area (Å²) in [6.07, 6.45) is 4.74. The van der Waals surface area contributed by atoms with Gasteiger partial charge in [-0.25, -0.2) is 4.79 Å². The number of hydrogen-bond acceptors (Lipinski definition) is 6. The molecule has 190 valence electrons. The zero-order valence-corrected chi connectivity index (χ0v) is 20.5. The number of nitrogens with zero attached hydrogens (tertiary/aromatic N) is 3. The van der Waals surface area contributed by atoms with Crippen LogP contribution in [0.4, 0.5) is 4.79 Å². The molecule has 4 amide bonds. The van der Waals surface area contributed by atoms with E-state index < -0.39 is 11.6 Å². The Balaban J connectivity index is 1.32. The van der Waals surface area contributed by atoms with Crippen molar-refractivity contribution in [2.24, 2.45) is 5.92 Å². The molecule has 0 aliphatic carbocycles. The number of carbonyl (C=O) groups is 3. The monoisotopic (exact) mass is 492 g/mol. The molecule has 2 atom stereocenters. The van der Waals surface area contributed by atoms with Gasteiger partial charge in [-0.1, -0.05) is 18.2 Å². The fraction of sp³-hybridized carbons (Fsp3) is 0.481. The summed E-state index contributed by atoms with van der Waals surface area (Å²) in [6, 6.07) is 12.5. The number of methoxy groups -OCH3 is 1. The van der Waals surface area contributed by atoms with Crippen molar-refractivity contribution in [1.82, 2.24) is 20.1 Å². The van der Waals surface area contributed by atoms with Crippen LogP contribution in [0.3, 0.4) is 0 Å². The van der Waals surface area contributed by atoms with E-state index in [1.165, 1.54) is 4.90 Å². The molecule has 3 aliphatic heterocycles. The smallest absolute Gasteiger partial charge is 0.325 e. The summed E-state index contributed by atoms with van der Waals surface area (Å²) in [5.41, 5.74) is 0.201. The molecule has 4 heterocycles. The molecule has 2 aromatic rings. The van der Waals surface area contributed by atoms with Crippen molar-refractivity contribution in [1.29, 1.82) is 0 Å². The Bertz CT molecular complexity index is 1110. The fourth-order valence-electron chi connectivity index (χ4n) is 5.64. The zero-order valence-electron chi connectivity index (χ0n) is 20.5. The average Bonchev–Trinajstić information content (AvgIpc) is 3.52. The standard InChI is InChI=1S/C27H32N4O5/c1-35-21-7-4-6-19(16-21)17-24(32)30-13-10-20(11-14-30)27(23-9-2-3-12-28-23)25(33)31(26(34)29-27)18-22-8-5-15-36-22/h2-4,6-7,9,12,16,20,22H,5,8,10-11,13-15,17-18H2,1H3,(H,29,34)/t22-,27-/m0/s1. The van der Waals surface area contributed by atoms with Crippen LogP contribution in [0.25, 0.3) is 0 Å². The van der Waals surface area contributed by atoms with Gasteiger partial charge in [0.25, 0.3) is 5.91 Å². The highest BCUT2D eigenvalue weighted by Gasteiger charge is 2.58. The van der Waals surface area contributed by atoms with Gasteiger partial charge in [-0.2, -0.15) is 0 Å². The predicted molar refractivity (Wildman–Crippen MR) is 131 cm³/mol. The second-order valence-corrected chi connectivity index (χ2v) is 9.69. The second-order valence-electron chi connectivity index (χ2n) is 9.69. The Labute approximate surface area is 210 Å². The molecule has 1 aromatic heterocycles. The number of urea groups is 1. The molecule has 1 aromatic carbocycles. The number of aromatic nitrogens is 1. The first-order chi connectivity index (χ1) is 17.5. The number of ether oxygens (including phenoxy) is 2. The van der Waals surface area contributed by atoms with Gasteiger partial charge in [-0.3, -0.25) is 19.5 Å². The Morgan fingerprint density at radius 2 is 2.00 bits per heavy atom. The van der Waals surface area contributed by atoms with Crippen molar-refractivity contribution < 1.29 is 23.9 Å². The third-order valence-electron chi connectivity index (χ3n) is 7.56. The molecule has 1 N–H and O–H groups in total. The molecule has 5 rings (SSSR count). The summed E-state index contributed by atoms with van der Waals surface area (Å²) in [7, 11) is 1.61. The molecule has 3 aliphatic rings. The van der Waals surface area contributed by atoms with E-state index >= 15 is 0 Å². The third kappa shape index (κ3) is 4.55. The van der Waals surface area contributed by atoms with Gasteiger partial charge in [-0.15, -0.1) is 0 Å². The van der Waals surface area contributed by atoms with E-state index in [9.17, 15) is 14.4 Å². The molecule has 9 nitrogen and oxygen atoms in total. The highest BCUT2D eigenvalue weighted by molar-refractivity contribution is 6.07. The maximum Gasteiger partial charge on any atom is 0.325 e. The molecule has 0 saturated carbocycles. The predicted octanol–water partition coefficient (Wildman–Crippen LogP) is 2.50. The number of carbonyl (C=O) groups excluding carboxylic acids is 3. The number of rotatable bonds is 7. The lowest BCUT2D eigenvalue weighted by molar-refractivity contribution is -0.137. The molecule has 0 spiro atoms. The van der Waals surface area contributed by atoms with E-state index in [0.717, 1.165) is 24.2 Å². The van der Waals surface area contributed by atoms with Crippen molar-refractivity contribution in [3.8, 4) is 5.75 Å². The van der Waals surface area contributed by atoms with E-state index in [2.05, 4.69) is 10.3 Å². The number of amides is 4. The van der Waals surface area contributed by atoms with Crippen LogP contribution in [-0.2, 0) is 26.3 Å². The third-order valence-corrected chi connectivity index (χ3v) is 7.56. The van der Waals surface area contributed by atoms with E-state index in [1.54, 1.807) is 25.4 Å². The van der Waals surface area contributed by atoms with Crippen LogP contribution < -0.4 is 10.1 Å². The minimum Gasteiger partial charge on any atom is -0.497 e. The van der Waals surface area contributed by atoms with E-state index in [4.69, 9.17) is 9.47 Å². The van der Waals surface area contributed by atoms with Crippen LogP contribution in [-0.4, -0.2) is 72.1 Å². The summed E-state index contributed by atoms with van der Waals surface area (Å²) in [6.45, 7) is 1.92. The van der Waals surface area contributed by atoms with Crippen molar-refractivity contribution in [3.05, 3.63) is 59.9 Å². The van der Waals surface area contributed by atoms with Gasteiger partial charge < -0.3 is 19.7 Å². The highest BCUT2D eigenvalue weighted by atomic mass is 16.5. The fourth-order valence-corrected chi connectivity index (χ4v) is 5.64. The van der Waals surface area contributed by atoms with Gasteiger partial charge in [0.05, 0.1) is 31.9 Å². The van der Waals surface area contributed by atoms with E-state index in [-0.39, 0.29) is 36.8 Å². The van der Waals surface area contributed by atoms with Gasteiger partial charge >= 0.3 is 6.03 Å². The molecule has 3 saturated heterocycles. The Hall–Kier alpha value is -3.46. The Kier molecular flexibility index (Phi) is 6.91. The molecule has 0 radical (unpaired) electrons. The molecular formula is C27H32N4O5. The van der Waals surface area contributed by atoms with E-state index in [0.29, 0.717) is 38.2 Å². The molecular weight excluding hydrogens is 460 g/mol. The molecule has 0 bridgehead atoms. The summed E-state index contributed by atoms with van der Waals surface area (Å²) in [5, 5.41) is 3.03. The SMILES string of the molecule is COc1cccc(CC(=O)N2CCC([C@@]3(c4ccccn4)NC(=O)N(C[C@@H]4CCCO4)C3=O)CC2)c1. The maximum atomic E-state index is 13.9. The van der Waals surface area contributed by atoms with Gasteiger partial charge in [0.2, 0.25) is 5.91 Å². The molecule has 3 fully saturated rings. The number of imide groups is 1. The minimum atomic E-state index is -1.24. The summed E-state index contributed by atoms with van der Waals surface area (Å²) >= 11 is 0. The van der Waals surface area contributed by atoms with Crippen LogP contribution in [0.15, 0.2) is 48.7 Å². The first-order valence-electron chi connectivity index (χ1n) is 12.6. The van der Waals surface area contributed by atoms with Gasteiger partial charge in [0.1, 0.15) is 5.75 Å². The van der Waals surface area contributed by atoms with E-state index in [1.807, 2.05) is 35.2 Å².